The lowest BCUT2D eigenvalue weighted by atomic mass is 9.60. The lowest BCUT2D eigenvalue weighted by Gasteiger charge is -2.68. The van der Waals surface area contributed by atoms with Crippen molar-refractivity contribution in [2.45, 2.75) is 26.1 Å². The van der Waals surface area contributed by atoms with Gasteiger partial charge in [0.15, 0.2) is 0 Å². The normalized spacial score (nSPS) is 46.5. The number of nitrogens with zero attached hydrogens (tertiary/aromatic N) is 2. The first-order valence-electron chi connectivity index (χ1n) is 8.22. The van der Waals surface area contributed by atoms with Crippen molar-refractivity contribution in [3.63, 3.8) is 0 Å². The van der Waals surface area contributed by atoms with Crippen LogP contribution in [0.25, 0.3) is 10.9 Å². The van der Waals surface area contributed by atoms with Gasteiger partial charge in [-0.2, -0.15) is 0 Å². The van der Waals surface area contributed by atoms with Gasteiger partial charge >= 0.3 is 0 Å². The van der Waals surface area contributed by atoms with E-state index in [9.17, 15) is 5.11 Å². The van der Waals surface area contributed by atoms with Gasteiger partial charge < -0.3 is 10.1 Å². The molecule has 4 heteroatoms. The highest BCUT2D eigenvalue weighted by molar-refractivity contribution is 5.83. The lowest BCUT2D eigenvalue weighted by molar-refractivity contribution is -0.253. The summed E-state index contributed by atoms with van der Waals surface area (Å²) in [6.45, 7) is 8.46. The molecule has 0 spiro atoms. The molecule has 5 heterocycles. The Morgan fingerprint density at radius 3 is 2.27 bits per heavy atom. The summed E-state index contributed by atoms with van der Waals surface area (Å²) in [6, 6.07) is 8.56. The van der Waals surface area contributed by atoms with Crippen LogP contribution < -0.4 is 0 Å². The molecule has 116 valence electrons. The summed E-state index contributed by atoms with van der Waals surface area (Å²) < 4.78 is 0. The number of fused-ring (bicyclic) bond motifs is 1. The minimum absolute atomic E-state index is 0.00780. The zero-order chi connectivity index (χ0) is 15.1. The summed E-state index contributed by atoms with van der Waals surface area (Å²) in [5.41, 5.74) is 2.61. The van der Waals surface area contributed by atoms with Crippen LogP contribution in [0.4, 0.5) is 0 Å². The number of para-hydroxylation sites is 1. The molecule has 6 rings (SSSR count). The zero-order valence-corrected chi connectivity index (χ0v) is 13.2. The monoisotopic (exact) mass is 297 g/mol. The third kappa shape index (κ3) is 1.48. The molecule has 0 saturated carbocycles. The fourth-order valence-electron chi connectivity index (χ4n) is 5.53. The van der Waals surface area contributed by atoms with Crippen molar-refractivity contribution in [1.82, 2.24) is 14.8 Å². The van der Waals surface area contributed by atoms with Crippen molar-refractivity contribution >= 4 is 10.9 Å². The first kappa shape index (κ1) is 13.1. The third-order valence-corrected chi connectivity index (χ3v) is 6.17. The first-order valence-corrected chi connectivity index (χ1v) is 8.22. The molecule has 1 aromatic carbocycles. The van der Waals surface area contributed by atoms with Gasteiger partial charge in [0.2, 0.25) is 0 Å². The summed E-state index contributed by atoms with van der Waals surface area (Å²) in [5.74, 6) is 0. The SMILES string of the molecule is CC12CN3CC(C)(CN(C1)C3c1c[nH]c3ccccc13)C2O. The molecule has 1 aromatic heterocycles. The van der Waals surface area contributed by atoms with Crippen LogP contribution in [0, 0.1) is 10.8 Å². The highest BCUT2D eigenvalue weighted by atomic mass is 16.3. The molecule has 2 aromatic rings. The van der Waals surface area contributed by atoms with Crippen LogP contribution in [0.2, 0.25) is 0 Å². The molecule has 4 fully saturated rings. The second-order valence-electron chi connectivity index (χ2n) is 8.18. The first-order chi connectivity index (χ1) is 10.5. The molecule has 4 bridgehead atoms. The van der Waals surface area contributed by atoms with Gasteiger partial charge in [-0.3, -0.25) is 9.80 Å². The third-order valence-electron chi connectivity index (χ3n) is 6.17. The number of aliphatic hydroxyl groups is 1. The molecule has 22 heavy (non-hydrogen) atoms. The lowest BCUT2D eigenvalue weighted by Crippen LogP contribution is -2.76. The highest BCUT2D eigenvalue weighted by Gasteiger charge is 2.62. The number of H-pyrrole nitrogens is 1. The van der Waals surface area contributed by atoms with Crippen molar-refractivity contribution in [2.75, 3.05) is 26.2 Å². The van der Waals surface area contributed by atoms with Gasteiger partial charge in [0, 0.05) is 59.7 Å². The number of aliphatic hydroxyl groups excluding tert-OH is 1. The van der Waals surface area contributed by atoms with E-state index in [1.165, 1.54) is 16.5 Å². The molecule has 0 amide bonds. The number of aromatic nitrogens is 1. The van der Waals surface area contributed by atoms with Gasteiger partial charge in [-0.05, 0) is 6.07 Å². The van der Waals surface area contributed by atoms with Crippen LogP contribution >= 0.6 is 0 Å². The predicted molar refractivity (Wildman–Crippen MR) is 86.4 cm³/mol. The van der Waals surface area contributed by atoms with Crippen molar-refractivity contribution in [2.24, 2.45) is 10.8 Å². The van der Waals surface area contributed by atoms with Crippen molar-refractivity contribution in [3.05, 3.63) is 36.0 Å². The largest absolute Gasteiger partial charge is 0.392 e. The van der Waals surface area contributed by atoms with E-state index in [1.54, 1.807) is 0 Å². The second kappa shape index (κ2) is 3.94. The van der Waals surface area contributed by atoms with Crippen molar-refractivity contribution in [1.29, 1.82) is 0 Å². The van der Waals surface area contributed by atoms with Crippen molar-refractivity contribution < 1.29 is 5.11 Å². The zero-order valence-electron chi connectivity index (χ0n) is 13.2. The number of hydrogen-bond donors (Lipinski definition) is 2. The molecule has 4 saturated heterocycles. The van der Waals surface area contributed by atoms with Crippen molar-refractivity contribution in [3.8, 4) is 0 Å². The summed E-state index contributed by atoms with van der Waals surface area (Å²) in [4.78, 5) is 8.58. The molecule has 0 atom stereocenters. The summed E-state index contributed by atoms with van der Waals surface area (Å²) >= 11 is 0. The quantitative estimate of drug-likeness (QED) is 0.848. The fourth-order valence-corrected chi connectivity index (χ4v) is 5.53. The molecule has 0 radical (unpaired) electrons. The van der Waals surface area contributed by atoms with Crippen LogP contribution in [0.15, 0.2) is 30.5 Å². The van der Waals surface area contributed by atoms with Crippen LogP contribution in [-0.2, 0) is 0 Å². The van der Waals surface area contributed by atoms with Crippen LogP contribution in [0.5, 0.6) is 0 Å². The summed E-state index contributed by atoms with van der Waals surface area (Å²) in [7, 11) is 0. The second-order valence-corrected chi connectivity index (χ2v) is 8.18. The number of piperidine rings is 2. The molecule has 2 N–H and O–H groups in total. The average molecular weight is 297 g/mol. The maximum atomic E-state index is 10.8. The van der Waals surface area contributed by atoms with Crippen LogP contribution in [-0.4, -0.2) is 52.2 Å². The number of rotatable bonds is 1. The molecule has 0 unspecified atom stereocenters. The molecule has 4 aliphatic heterocycles. The van der Waals surface area contributed by atoms with Crippen LogP contribution in [0.1, 0.15) is 25.6 Å². The minimum Gasteiger partial charge on any atom is -0.392 e. The Bertz CT molecular complexity index is 714. The van der Waals surface area contributed by atoms with E-state index in [1.807, 2.05) is 0 Å². The highest BCUT2D eigenvalue weighted by Crippen LogP contribution is 2.54. The van der Waals surface area contributed by atoms with Gasteiger partial charge in [-0.25, -0.2) is 0 Å². The molecule has 0 aliphatic carbocycles. The van der Waals surface area contributed by atoms with Crippen LogP contribution in [0.3, 0.4) is 0 Å². The Kier molecular flexibility index (Phi) is 2.35. The average Bonchev–Trinajstić information content (AvgIpc) is 2.87. The Morgan fingerprint density at radius 2 is 1.64 bits per heavy atom. The summed E-state index contributed by atoms with van der Waals surface area (Å²) in [5, 5.41) is 12.1. The van der Waals surface area contributed by atoms with E-state index >= 15 is 0 Å². The van der Waals surface area contributed by atoms with Gasteiger partial charge in [-0.1, -0.05) is 32.0 Å². The van der Waals surface area contributed by atoms with E-state index in [0.717, 1.165) is 26.2 Å². The van der Waals surface area contributed by atoms with E-state index in [2.05, 4.69) is 59.1 Å². The molecular weight excluding hydrogens is 274 g/mol. The number of hydrogen-bond acceptors (Lipinski definition) is 3. The Balaban J connectivity index is 1.62. The maximum Gasteiger partial charge on any atom is 0.0907 e. The van der Waals surface area contributed by atoms with E-state index in [0.29, 0.717) is 6.17 Å². The number of aromatic amines is 1. The van der Waals surface area contributed by atoms with Gasteiger partial charge in [-0.15, -0.1) is 0 Å². The van der Waals surface area contributed by atoms with E-state index in [4.69, 9.17) is 0 Å². The van der Waals surface area contributed by atoms with E-state index < -0.39 is 0 Å². The Hall–Kier alpha value is -1.36. The van der Waals surface area contributed by atoms with Gasteiger partial charge in [0.25, 0.3) is 0 Å². The van der Waals surface area contributed by atoms with E-state index in [-0.39, 0.29) is 16.9 Å². The maximum absolute atomic E-state index is 10.8. The number of nitrogens with one attached hydrogen (secondary N) is 1. The topological polar surface area (TPSA) is 42.5 Å². The number of benzene rings is 1. The molecular formula is C18H23N3O. The molecule has 4 aliphatic rings. The fraction of sp³-hybridized carbons (Fsp3) is 0.556. The Morgan fingerprint density at radius 1 is 1.05 bits per heavy atom. The smallest absolute Gasteiger partial charge is 0.0907 e. The predicted octanol–water partition coefficient (Wildman–Crippen LogP) is 2.18. The minimum atomic E-state index is -0.184. The summed E-state index contributed by atoms with van der Waals surface area (Å²) in [6.07, 6.45) is 2.35. The molecule has 4 nitrogen and oxygen atoms in total. The van der Waals surface area contributed by atoms with Gasteiger partial charge in [0.05, 0.1) is 12.3 Å². The Labute approximate surface area is 130 Å². The van der Waals surface area contributed by atoms with Gasteiger partial charge in [0.1, 0.15) is 0 Å². The standard InChI is InChI=1S/C18H23N3O/c1-17-8-20-10-18(2,16(17)22)11-21(9-17)15(20)13-7-19-14-6-4-3-5-12(13)14/h3-7,15-16,19,22H,8-11H2,1-2H3.